The molecule has 0 saturated heterocycles. The molecule has 0 atom stereocenters. The zero-order valence-electron chi connectivity index (χ0n) is 11.1. The van der Waals surface area contributed by atoms with Crippen LogP contribution >= 0.6 is 0 Å². The Morgan fingerprint density at radius 2 is 2.18 bits per heavy atom. The first kappa shape index (κ1) is 17.7. The molecular formula is C11H20KN3O2. The van der Waals surface area contributed by atoms with Crippen LogP contribution in [0.25, 0.3) is 0 Å². The van der Waals surface area contributed by atoms with Crippen LogP contribution in [0.2, 0.25) is 0 Å². The Balaban J connectivity index is 0.00000256. The molecule has 5 nitrogen and oxygen atoms in total. The number of ether oxygens (including phenoxy) is 1. The second kappa shape index (κ2) is 10.6. The van der Waals surface area contributed by atoms with Gasteiger partial charge in [-0.3, -0.25) is 4.68 Å². The molecule has 0 N–H and O–H groups in total. The molecule has 0 saturated carbocycles. The summed E-state index contributed by atoms with van der Waals surface area (Å²) in [4.78, 5) is 0. The van der Waals surface area contributed by atoms with Gasteiger partial charge in [-0.15, -0.1) is 11.7 Å². The van der Waals surface area contributed by atoms with E-state index in [1.165, 1.54) is 0 Å². The molecule has 0 fully saturated rings. The van der Waals surface area contributed by atoms with Crippen LogP contribution in [0.5, 0.6) is 0 Å². The van der Waals surface area contributed by atoms with Gasteiger partial charge in [-0.1, -0.05) is 19.1 Å². The van der Waals surface area contributed by atoms with E-state index in [1.54, 1.807) is 0 Å². The monoisotopic (exact) mass is 265 g/mol. The van der Waals surface area contributed by atoms with Crippen molar-refractivity contribution in [3.05, 3.63) is 11.9 Å². The summed E-state index contributed by atoms with van der Waals surface area (Å²) in [7, 11) is 0. The van der Waals surface area contributed by atoms with Crippen molar-refractivity contribution < 1.29 is 61.2 Å². The fourth-order valence-corrected chi connectivity index (χ4v) is 1.43. The Morgan fingerprint density at radius 1 is 1.41 bits per heavy atom. The third-order valence-electron chi connectivity index (χ3n) is 2.09. The Labute approximate surface area is 145 Å². The maximum Gasteiger partial charge on any atom is 1.00 e. The van der Waals surface area contributed by atoms with Gasteiger partial charge in [-0.2, -0.15) is 0 Å². The first-order chi connectivity index (χ1) is 7.72. The van der Waals surface area contributed by atoms with Gasteiger partial charge >= 0.3 is 51.4 Å². The third-order valence-corrected chi connectivity index (χ3v) is 2.09. The summed E-state index contributed by atoms with van der Waals surface area (Å²) in [6.45, 7) is 5.97. The molecule has 0 bridgehead atoms. The average Bonchev–Trinajstić information content (AvgIpc) is 2.64. The van der Waals surface area contributed by atoms with Crippen LogP contribution < -0.4 is 56.5 Å². The van der Waals surface area contributed by atoms with Crippen LogP contribution in [0, 0.1) is 5.92 Å². The Hall–Kier alpha value is 0.696. The first-order valence-corrected chi connectivity index (χ1v) is 5.77. The molecule has 1 heterocycles. The normalized spacial score (nSPS) is 10.6. The number of nitrogens with zero attached hydrogens (tertiary/aromatic N) is 3. The third kappa shape index (κ3) is 8.42. The smallest absolute Gasteiger partial charge is 0.853 e. The van der Waals surface area contributed by atoms with Crippen LogP contribution in [0.3, 0.4) is 0 Å². The van der Waals surface area contributed by atoms with Crippen molar-refractivity contribution >= 4 is 0 Å². The van der Waals surface area contributed by atoms with Crippen LogP contribution in [-0.2, 0) is 17.7 Å². The number of rotatable bonds is 8. The number of hydrogen-bond donors (Lipinski definition) is 0. The molecule has 0 aliphatic carbocycles. The van der Waals surface area contributed by atoms with Crippen LogP contribution in [0.4, 0.5) is 0 Å². The molecule has 6 heteroatoms. The Kier molecular flexibility index (Phi) is 11.0. The van der Waals surface area contributed by atoms with Crippen molar-refractivity contribution in [1.82, 2.24) is 15.0 Å². The first-order valence-electron chi connectivity index (χ1n) is 5.77. The van der Waals surface area contributed by atoms with Crippen molar-refractivity contribution in [3.8, 4) is 0 Å². The van der Waals surface area contributed by atoms with E-state index in [-0.39, 0.29) is 58.0 Å². The van der Waals surface area contributed by atoms with Gasteiger partial charge in [0.1, 0.15) is 0 Å². The van der Waals surface area contributed by atoms with Crippen molar-refractivity contribution in [2.75, 3.05) is 19.8 Å². The second-order valence-electron chi connectivity index (χ2n) is 4.25. The summed E-state index contributed by atoms with van der Waals surface area (Å²) in [6.07, 6.45) is 3.73. The fourth-order valence-electron chi connectivity index (χ4n) is 1.43. The summed E-state index contributed by atoms with van der Waals surface area (Å²) < 4.78 is 6.98. The molecule has 0 radical (unpaired) electrons. The van der Waals surface area contributed by atoms with Gasteiger partial charge in [0.05, 0.1) is 5.69 Å². The van der Waals surface area contributed by atoms with E-state index in [4.69, 9.17) is 4.74 Å². The molecule has 1 aromatic rings. The van der Waals surface area contributed by atoms with Crippen molar-refractivity contribution in [3.63, 3.8) is 0 Å². The number of hydrogen-bond acceptors (Lipinski definition) is 4. The molecule has 1 rings (SSSR count). The molecule has 0 aromatic carbocycles. The minimum absolute atomic E-state index is 0. The maximum absolute atomic E-state index is 10.1. The van der Waals surface area contributed by atoms with Crippen LogP contribution in [0.15, 0.2) is 6.20 Å². The average molecular weight is 265 g/mol. The van der Waals surface area contributed by atoms with Crippen molar-refractivity contribution in [1.29, 1.82) is 0 Å². The molecule has 92 valence electrons. The second-order valence-corrected chi connectivity index (χ2v) is 4.25. The largest absolute Gasteiger partial charge is 1.00 e. The van der Waals surface area contributed by atoms with Crippen LogP contribution in [-0.4, -0.2) is 34.8 Å². The van der Waals surface area contributed by atoms with Gasteiger partial charge in [0.25, 0.3) is 0 Å². The van der Waals surface area contributed by atoms with E-state index < -0.39 is 0 Å². The maximum atomic E-state index is 10.1. The van der Waals surface area contributed by atoms with Gasteiger partial charge in [0.2, 0.25) is 0 Å². The van der Waals surface area contributed by atoms with Crippen molar-refractivity contribution in [2.45, 2.75) is 33.2 Å². The summed E-state index contributed by atoms with van der Waals surface area (Å²) >= 11 is 0. The summed E-state index contributed by atoms with van der Waals surface area (Å²) in [5, 5.41) is 18.2. The summed E-state index contributed by atoms with van der Waals surface area (Å²) in [5.74, 6) is 0.579. The molecule has 0 aliphatic heterocycles. The quantitative estimate of drug-likeness (QED) is 0.378. The topological polar surface area (TPSA) is 63.0 Å². The Bertz CT molecular complexity index is 292. The Morgan fingerprint density at radius 3 is 2.82 bits per heavy atom. The van der Waals surface area contributed by atoms with E-state index in [9.17, 15) is 5.11 Å². The van der Waals surface area contributed by atoms with Gasteiger partial charge in [0.15, 0.2) is 0 Å². The zero-order valence-corrected chi connectivity index (χ0v) is 14.2. The summed E-state index contributed by atoms with van der Waals surface area (Å²) in [6, 6.07) is 0. The molecule has 0 amide bonds. The molecule has 17 heavy (non-hydrogen) atoms. The van der Waals surface area contributed by atoms with Gasteiger partial charge in [-0.25, -0.2) is 0 Å². The molecule has 0 spiro atoms. The molecule has 1 aromatic heterocycles. The SMILES string of the molecule is CC(C)Cn1cc(CCCOCC[O-])nn1.[K+]. The number of aryl methyl sites for hydroxylation is 1. The van der Waals surface area contributed by atoms with E-state index >= 15 is 0 Å². The van der Waals surface area contributed by atoms with E-state index in [1.807, 2.05) is 10.9 Å². The number of aromatic nitrogens is 3. The van der Waals surface area contributed by atoms with Crippen molar-refractivity contribution in [2.24, 2.45) is 5.92 Å². The van der Waals surface area contributed by atoms with Gasteiger partial charge < -0.3 is 9.84 Å². The van der Waals surface area contributed by atoms with E-state index in [0.717, 1.165) is 25.1 Å². The molecular weight excluding hydrogens is 245 g/mol. The predicted molar refractivity (Wildman–Crippen MR) is 58.9 cm³/mol. The van der Waals surface area contributed by atoms with E-state index in [2.05, 4.69) is 24.2 Å². The zero-order chi connectivity index (χ0) is 11.8. The van der Waals surface area contributed by atoms with Crippen LogP contribution in [0.1, 0.15) is 26.0 Å². The van der Waals surface area contributed by atoms with Gasteiger partial charge in [0, 0.05) is 26.0 Å². The van der Waals surface area contributed by atoms with E-state index in [0.29, 0.717) is 19.1 Å². The predicted octanol–water partition coefficient (Wildman–Crippen LogP) is -2.75. The molecule has 0 unspecified atom stereocenters. The molecule has 0 aliphatic rings. The van der Waals surface area contributed by atoms with Gasteiger partial charge in [-0.05, 0) is 18.8 Å². The summed E-state index contributed by atoms with van der Waals surface area (Å²) in [5.41, 5.74) is 0.992. The fraction of sp³-hybridized carbons (Fsp3) is 0.818. The standard InChI is InChI=1S/C11H20N3O2.K/c1-10(2)8-14-9-11(12-13-14)4-3-6-16-7-5-15;/h9-10H,3-8H2,1-2H3;/q-1;+1. The minimum atomic E-state index is -0.162. The minimum Gasteiger partial charge on any atom is -0.853 e.